The summed E-state index contributed by atoms with van der Waals surface area (Å²) >= 11 is 2.32. The van der Waals surface area contributed by atoms with Crippen LogP contribution in [0.1, 0.15) is 9.75 Å². The highest BCUT2D eigenvalue weighted by Gasteiger charge is 2.04. The van der Waals surface area contributed by atoms with Gasteiger partial charge in [0.2, 0.25) is 0 Å². The first-order valence-electron chi connectivity index (χ1n) is 5.47. The lowest BCUT2D eigenvalue weighted by Crippen LogP contribution is -1.96. The van der Waals surface area contributed by atoms with Crippen LogP contribution in [-0.4, -0.2) is 5.76 Å². The summed E-state index contributed by atoms with van der Waals surface area (Å²) in [6.07, 6.45) is 0. The number of thiophene rings is 1. The fraction of sp³-hybridized carbons (Fsp3) is 0.231. The van der Waals surface area contributed by atoms with Crippen LogP contribution < -0.4 is 5.32 Å². The molecule has 1 aromatic carbocycles. The minimum Gasteiger partial charge on any atom is -0.380 e. The van der Waals surface area contributed by atoms with Gasteiger partial charge in [-0.25, -0.2) is 0 Å². The Morgan fingerprint density at radius 2 is 1.89 bits per heavy atom. The zero-order chi connectivity index (χ0) is 13.0. The van der Waals surface area contributed by atoms with Crippen molar-refractivity contribution in [2.45, 2.75) is 24.1 Å². The predicted molar refractivity (Wildman–Crippen MR) is 74.7 cm³/mol. The standard InChI is InChI=1S/C13H13F2NS2/c1-9-2-5-12(17-9)8-16-10-3-6-11(7-4-10)18-13(14)15/h2-7,13,16H,8H2,1H3. The molecule has 0 aliphatic rings. The second kappa shape index (κ2) is 6.20. The molecule has 1 N–H and O–H groups in total. The van der Waals surface area contributed by atoms with Crippen LogP contribution in [0.4, 0.5) is 14.5 Å². The van der Waals surface area contributed by atoms with E-state index in [-0.39, 0.29) is 0 Å². The van der Waals surface area contributed by atoms with Gasteiger partial charge in [0.05, 0.1) is 0 Å². The van der Waals surface area contributed by atoms with Gasteiger partial charge in [-0.05, 0) is 43.3 Å². The highest BCUT2D eigenvalue weighted by molar-refractivity contribution is 7.99. The zero-order valence-electron chi connectivity index (χ0n) is 9.82. The Kier molecular flexibility index (Phi) is 4.60. The van der Waals surface area contributed by atoms with Crippen molar-refractivity contribution in [3.8, 4) is 0 Å². The molecule has 0 saturated heterocycles. The Morgan fingerprint density at radius 3 is 2.44 bits per heavy atom. The van der Waals surface area contributed by atoms with Gasteiger partial charge in [0.25, 0.3) is 5.76 Å². The molecule has 2 aromatic rings. The molecule has 1 nitrogen and oxygen atoms in total. The number of benzene rings is 1. The maximum absolute atomic E-state index is 12.1. The molecule has 0 spiro atoms. The van der Waals surface area contributed by atoms with E-state index < -0.39 is 5.76 Å². The van der Waals surface area contributed by atoms with Crippen LogP contribution in [0.3, 0.4) is 0 Å². The van der Waals surface area contributed by atoms with Gasteiger partial charge >= 0.3 is 0 Å². The van der Waals surface area contributed by atoms with Crippen molar-refractivity contribution in [1.29, 1.82) is 0 Å². The molecule has 18 heavy (non-hydrogen) atoms. The molecular formula is C13H13F2NS2. The highest BCUT2D eigenvalue weighted by atomic mass is 32.2. The maximum atomic E-state index is 12.1. The normalized spacial score (nSPS) is 10.9. The first kappa shape index (κ1) is 13.4. The predicted octanol–water partition coefficient (Wildman–Crippen LogP) is 4.98. The van der Waals surface area contributed by atoms with Crippen molar-refractivity contribution in [2.24, 2.45) is 0 Å². The van der Waals surface area contributed by atoms with Crippen LogP contribution in [0.5, 0.6) is 0 Å². The van der Waals surface area contributed by atoms with Crippen molar-refractivity contribution in [3.05, 3.63) is 46.2 Å². The topological polar surface area (TPSA) is 12.0 Å². The first-order valence-corrected chi connectivity index (χ1v) is 7.17. The number of nitrogens with one attached hydrogen (secondary N) is 1. The third kappa shape index (κ3) is 3.99. The Bertz CT molecular complexity index is 494. The average Bonchev–Trinajstić information content (AvgIpc) is 2.74. The summed E-state index contributed by atoms with van der Waals surface area (Å²) in [5.74, 6) is -2.36. The molecule has 0 aliphatic carbocycles. The first-order chi connectivity index (χ1) is 8.63. The minimum absolute atomic E-state index is 0.566. The van der Waals surface area contributed by atoms with E-state index >= 15 is 0 Å². The van der Waals surface area contributed by atoms with Crippen molar-refractivity contribution in [1.82, 2.24) is 0 Å². The largest absolute Gasteiger partial charge is 0.380 e. The third-order valence-corrected chi connectivity index (χ3v) is 4.07. The van der Waals surface area contributed by atoms with Gasteiger partial charge in [0, 0.05) is 26.9 Å². The SMILES string of the molecule is Cc1ccc(CNc2ccc(SC(F)F)cc2)s1. The number of aryl methyl sites for hydroxylation is 1. The van der Waals surface area contributed by atoms with E-state index in [9.17, 15) is 8.78 Å². The molecule has 0 aliphatic heterocycles. The number of hydrogen-bond acceptors (Lipinski definition) is 3. The van der Waals surface area contributed by atoms with Crippen LogP contribution in [0.25, 0.3) is 0 Å². The van der Waals surface area contributed by atoms with Crippen LogP contribution in [0.2, 0.25) is 0 Å². The molecule has 0 unspecified atom stereocenters. The number of rotatable bonds is 5. The number of halogens is 2. The Hall–Kier alpha value is -1.07. The van der Waals surface area contributed by atoms with E-state index in [4.69, 9.17) is 0 Å². The molecule has 2 rings (SSSR count). The van der Waals surface area contributed by atoms with Crippen LogP contribution in [-0.2, 0) is 6.54 Å². The fourth-order valence-corrected chi connectivity index (χ4v) is 2.85. The molecule has 5 heteroatoms. The van der Waals surface area contributed by atoms with E-state index in [1.807, 2.05) is 12.1 Å². The maximum Gasteiger partial charge on any atom is 0.288 e. The lowest BCUT2D eigenvalue weighted by atomic mass is 10.3. The summed E-state index contributed by atoms with van der Waals surface area (Å²) in [6, 6.07) is 11.2. The Balaban J connectivity index is 1.90. The molecular weight excluding hydrogens is 272 g/mol. The summed E-state index contributed by atoms with van der Waals surface area (Å²) in [5.41, 5.74) is 0.944. The van der Waals surface area contributed by atoms with Crippen LogP contribution in [0.15, 0.2) is 41.3 Å². The molecule has 1 heterocycles. The van der Waals surface area contributed by atoms with E-state index in [1.54, 1.807) is 23.5 Å². The molecule has 0 radical (unpaired) electrons. The molecule has 0 fully saturated rings. The molecule has 0 amide bonds. The monoisotopic (exact) mass is 285 g/mol. The van der Waals surface area contributed by atoms with Gasteiger partial charge in [-0.2, -0.15) is 8.78 Å². The summed E-state index contributed by atoms with van der Waals surface area (Å²) < 4.78 is 24.3. The summed E-state index contributed by atoms with van der Waals surface area (Å²) in [6.45, 7) is 2.84. The number of alkyl halides is 2. The quantitative estimate of drug-likeness (QED) is 0.777. The van der Waals surface area contributed by atoms with E-state index in [0.717, 1.165) is 12.2 Å². The average molecular weight is 285 g/mol. The van der Waals surface area contributed by atoms with Gasteiger partial charge in [0.15, 0.2) is 0 Å². The van der Waals surface area contributed by atoms with Gasteiger partial charge in [0.1, 0.15) is 0 Å². The van der Waals surface area contributed by atoms with Crippen molar-refractivity contribution >= 4 is 28.8 Å². The summed E-state index contributed by atoms with van der Waals surface area (Å²) in [7, 11) is 0. The highest BCUT2D eigenvalue weighted by Crippen LogP contribution is 2.26. The zero-order valence-corrected chi connectivity index (χ0v) is 11.5. The van der Waals surface area contributed by atoms with Crippen LogP contribution in [0, 0.1) is 6.92 Å². The van der Waals surface area contributed by atoms with Crippen molar-refractivity contribution < 1.29 is 8.78 Å². The number of anilines is 1. The van der Waals surface area contributed by atoms with E-state index in [0.29, 0.717) is 16.7 Å². The lowest BCUT2D eigenvalue weighted by Gasteiger charge is -2.06. The van der Waals surface area contributed by atoms with Gasteiger partial charge < -0.3 is 5.32 Å². The van der Waals surface area contributed by atoms with Crippen molar-refractivity contribution in [3.63, 3.8) is 0 Å². The fourth-order valence-electron chi connectivity index (χ4n) is 1.52. The van der Waals surface area contributed by atoms with E-state index in [1.165, 1.54) is 9.75 Å². The third-order valence-electron chi connectivity index (χ3n) is 2.34. The van der Waals surface area contributed by atoms with Crippen LogP contribution >= 0.6 is 23.1 Å². The molecule has 0 saturated carbocycles. The van der Waals surface area contributed by atoms with Gasteiger partial charge in [-0.15, -0.1) is 11.3 Å². The summed E-state index contributed by atoms with van der Waals surface area (Å²) in [4.78, 5) is 3.14. The molecule has 1 aromatic heterocycles. The summed E-state index contributed by atoms with van der Waals surface area (Å²) in [5, 5.41) is 3.27. The van der Waals surface area contributed by atoms with Gasteiger partial charge in [-0.1, -0.05) is 11.8 Å². The van der Waals surface area contributed by atoms with Gasteiger partial charge in [-0.3, -0.25) is 0 Å². The second-order valence-corrected chi connectivity index (χ2v) is 6.20. The molecule has 0 atom stereocenters. The smallest absolute Gasteiger partial charge is 0.288 e. The number of thioether (sulfide) groups is 1. The Morgan fingerprint density at radius 1 is 1.17 bits per heavy atom. The Labute approximate surface area is 113 Å². The molecule has 0 bridgehead atoms. The molecule has 96 valence electrons. The number of hydrogen-bond donors (Lipinski definition) is 1. The lowest BCUT2D eigenvalue weighted by molar-refractivity contribution is 0.252. The van der Waals surface area contributed by atoms with Crippen molar-refractivity contribution in [2.75, 3.05) is 5.32 Å². The minimum atomic E-state index is -2.36. The second-order valence-electron chi connectivity index (χ2n) is 3.77. The van der Waals surface area contributed by atoms with E-state index in [2.05, 4.69) is 24.4 Å².